The van der Waals surface area contributed by atoms with Crippen LogP contribution >= 0.6 is 0 Å². The molecule has 2 aliphatic heterocycles. The minimum absolute atomic E-state index is 0.403. The van der Waals surface area contributed by atoms with Crippen molar-refractivity contribution in [2.75, 3.05) is 19.8 Å². The summed E-state index contributed by atoms with van der Waals surface area (Å²) in [5.41, 5.74) is 11.5. The Bertz CT molecular complexity index is 1620. The topological polar surface area (TPSA) is 59.0 Å². The molecule has 1 aliphatic carbocycles. The number of hydrogen-bond donors (Lipinski definition) is 0. The lowest BCUT2D eigenvalue weighted by molar-refractivity contribution is 0.0961. The molecule has 3 aliphatic rings. The van der Waals surface area contributed by atoms with E-state index in [9.17, 15) is 0 Å². The van der Waals surface area contributed by atoms with Gasteiger partial charge in [-0.3, -0.25) is 4.98 Å². The van der Waals surface area contributed by atoms with E-state index in [2.05, 4.69) is 57.2 Å². The van der Waals surface area contributed by atoms with Gasteiger partial charge in [0.15, 0.2) is 0 Å². The second-order valence-electron chi connectivity index (χ2n) is 13.6. The molecule has 3 aromatic carbocycles. The lowest BCUT2D eigenvalue weighted by Crippen LogP contribution is -2.16. The molecular formula is C41H47NO5. The molecule has 1 saturated carbocycles. The van der Waals surface area contributed by atoms with Crippen LogP contribution in [0, 0.1) is 26.7 Å². The fraction of sp³-hybridized carbons (Fsp3) is 0.439. The molecule has 0 unspecified atom stereocenters. The highest BCUT2D eigenvalue weighted by Crippen LogP contribution is 2.48. The molecule has 3 heterocycles. The van der Waals surface area contributed by atoms with Crippen molar-refractivity contribution in [2.24, 2.45) is 5.92 Å². The number of rotatable bonds is 3. The monoisotopic (exact) mass is 633 g/mol. The number of ether oxygens (including phenoxy) is 5. The molecule has 0 saturated heterocycles. The van der Waals surface area contributed by atoms with Crippen LogP contribution in [-0.2, 0) is 35.9 Å². The Morgan fingerprint density at radius 3 is 1.68 bits per heavy atom. The van der Waals surface area contributed by atoms with Crippen LogP contribution in [0.3, 0.4) is 0 Å². The first-order valence-electron chi connectivity index (χ1n) is 17.4. The highest BCUT2D eigenvalue weighted by Gasteiger charge is 2.26. The van der Waals surface area contributed by atoms with Crippen LogP contribution in [0.4, 0.5) is 0 Å². The van der Waals surface area contributed by atoms with Gasteiger partial charge in [-0.2, -0.15) is 0 Å². The van der Waals surface area contributed by atoms with Crippen molar-refractivity contribution in [1.29, 1.82) is 0 Å². The molecule has 0 amide bonds. The highest BCUT2D eigenvalue weighted by molar-refractivity contribution is 5.88. The van der Waals surface area contributed by atoms with Crippen molar-refractivity contribution >= 4 is 0 Å². The van der Waals surface area contributed by atoms with E-state index in [1.54, 1.807) is 0 Å². The van der Waals surface area contributed by atoms with Crippen molar-refractivity contribution in [1.82, 2.24) is 4.98 Å². The summed E-state index contributed by atoms with van der Waals surface area (Å²) in [5.74, 6) is 3.19. The minimum Gasteiger partial charge on any atom is -0.493 e. The van der Waals surface area contributed by atoms with Gasteiger partial charge in [-0.05, 0) is 105 Å². The van der Waals surface area contributed by atoms with E-state index in [0.29, 0.717) is 52.2 Å². The Kier molecular flexibility index (Phi) is 9.78. The number of pyridine rings is 1. The van der Waals surface area contributed by atoms with Gasteiger partial charge in [-0.25, -0.2) is 0 Å². The smallest absolute Gasteiger partial charge is 0.135 e. The summed E-state index contributed by atoms with van der Waals surface area (Å²) in [6, 6.07) is 19.5. The second kappa shape index (κ2) is 14.5. The first-order valence-corrected chi connectivity index (χ1v) is 17.4. The highest BCUT2D eigenvalue weighted by atomic mass is 16.5. The van der Waals surface area contributed by atoms with Gasteiger partial charge in [0.1, 0.15) is 17.2 Å². The van der Waals surface area contributed by atoms with E-state index in [0.717, 1.165) is 91.5 Å². The fourth-order valence-electron chi connectivity index (χ4n) is 7.31. The number of benzene rings is 3. The summed E-state index contributed by atoms with van der Waals surface area (Å²) in [4.78, 5) is 4.83. The molecular weight excluding hydrogens is 586 g/mol. The molecule has 47 heavy (non-hydrogen) atoms. The summed E-state index contributed by atoms with van der Waals surface area (Å²) in [7, 11) is 0. The number of fused-ring (bicyclic) bond motifs is 2. The zero-order valence-electron chi connectivity index (χ0n) is 28.2. The first kappa shape index (κ1) is 31.7. The van der Waals surface area contributed by atoms with E-state index in [1.807, 2.05) is 18.2 Å². The van der Waals surface area contributed by atoms with Gasteiger partial charge in [0.2, 0.25) is 0 Å². The number of aryl methyl sites for hydroxylation is 3. The maximum atomic E-state index is 7.05. The maximum absolute atomic E-state index is 7.05. The van der Waals surface area contributed by atoms with Gasteiger partial charge in [-0.1, -0.05) is 37.5 Å². The Balaban J connectivity index is 1.47. The molecule has 4 aromatic rings. The second-order valence-corrected chi connectivity index (χ2v) is 13.6. The summed E-state index contributed by atoms with van der Waals surface area (Å²) < 4.78 is 33.2. The largest absolute Gasteiger partial charge is 0.493 e. The Hall–Kier alpha value is -3.87. The molecule has 0 N–H and O–H groups in total. The predicted molar refractivity (Wildman–Crippen MR) is 185 cm³/mol. The van der Waals surface area contributed by atoms with Crippen LogP contribution in [0.15, 0.2) is 54.6 Å². The number of aromatic nitrogens is 1. The molecule has 7 rings (SSSR count). The lowest BCUT2D eigenvalue weighted by atomic mass is 9.89. The zero-order chi connectivity index (χ0) is 32.2. The average molecular weight is 634 g/mol. The Morgan fingerprint density at radius 2 is 1.13 bits per heavy atom. The third-order valence-electron chi connectivity index (χ3n) is 9.53. The molecule has 0 atom stereocenters. The number of hydrogen-bond acceptors (Lipinski definition) is 6. The van der Waals surface area contributed by atoms with Gasteiger partial charge in [0.05, 0.1) is 57.6 Å². The summed E-state index contributed by atoms with van der Waals surface area (Å²) in [5, 5.41) is 0. The Morgan fingerprint density at radius 1 is 0.617 bits per heavy atom. The minimum atomic E-state index is 0.403. The molecule has 1 fully saturated rings. The first-order chi connectivity index (χ1) is 23.0. The van der Waals surface area contributed by atoms with Crippen molar-refractivity contribution < 1.29 is 23.7 Å². The summed E-state index contributed by atoms with van der Waals surface area (Å²) >= 11 is 0. The molecule has 0 spiro atoms. The van der Waals surface area contributed by atoms with E-state index in [-0.39, 0.29) is 0 Å². The van der Waals surface area contributed by atoms with Gasteiger partial charge >= 0.3 is 0 Å². The molecule has 6 heteroatoms. The van der Waals surface area contributed by atoms with Gasteiger partial charge in [0, 0.05) is 33.4 Å². The molecule has 1 aromatic heterocycles. The molecule has 6 nitrogen and oxygen atoms in total. The van der Waals surface area contributed by atoms with Crippen molar-refractivity contribution in [3.63, 3.8) is 0 Å². The normalized spacial score (nSPS) is 17.2. The van der Waals surface area contributed by atoms with E-state index in [1.165, 1.54) is 32.1 Å². The van der Waals surface area contributed by atoms with Crippen LogP contribution in [0.25, 0.3) is 22.3 Å². The van der Waals surface area contributed by atoms with Crippen molar-refractivity contribution in [3.05, 3.63) is 93.8 Å². The SMILES string of the molecule is Cc1cc2c3c(c1)-c1cc(C)cc(c1OCC1CCCCC1)-c1cc(C)cc(c1OCCCCO3)COCc1cccc(n1)COC2. The van der Waals surface area contributed by atoms with E-state index >= 15 is 0 Å². The van der Waals surface area contributed by atoms with Gasteiger partial charge < -0.3 is 23.7 Å². The van der Waals surface area contributed by atoms with Crippen LogP contribution in [-0.4, -0.2) is 24.8 Å². The van der Waals surface area contributed by atoms with Crippen molar-refractivity contribution in [2.45, 2.75) is 92.1 Å². The summed E-state index contributed by atoms with van der Waals surface area (Å²) in [6.45, 7) is 9.98. The predicted octanol–water partition coefficient (Wildman–Crippen LogP) is 9.60. The zero-order valence-corrected chi connectivity index (χ0v) is 28.2. The van der Waals surface area contributed by atoms with Gasteiger partial charge in [0.25, 0.3) is 0 Å². The van der Waals surface area contributed by atoms with E-state index < -0.39 is 0 Å². The molecule has 246 valence electrons. The molecule has 0 radical (unpaired) electrons. The van der Waals surface area contributed by atoms with E-state index in [4.69, 9.17) is 28.7 Å². The Labute approximate surface area is 279 Å². The van der Waals surface area contributed by atoms with Crippen LogP contribution in [0.2, 0.25) is 0 Å². The van der Waals surface area contributed by atoms with Gasteiger partial charge in [-0.15, -0.1) is 0 Å². The maximum Gasteiger partial charge on any atom is 0.135 e. The average Bonchev–Trinajstić information content (AvgIpc) is 3.07. The third-order valence-corrected chi connectivity index (χ3v) is 9.53. The van der Waals surface area contributed by atoms with Crippen LogP contribution < -0.4 is 14.2 Å². The summed E-state index contributed by atoms with van der Waals surface area (Å²) in [6.07, 6.45) is 8.05. The third kappa shape index (κ3) is 7.34. The lowest BCUT2D eigenvalue weighted by Gasteiger charge is -2.26. The molecule has 10 bridgehead atoms. The standard InChI is InChI=1S/C41H47NO5/c1-27-16-31-23-43-25-33-12-9-13-34(42-33)26-44-24-32-17-28(2)19-36-38-21-29(3)20-37(41(38)47-22-30-10-5-4-6-11-30)35(18-27)39(31)45-14-7-8-15-46-40(32)36/h9,12-13,16-21,30H,4-8,10-11,14-15,22-26H2,1-3H3. The quantitative estimate of drug-likeness (QED) is 0.224. The van der Waals surface area contributed by atoms with Crippen molar-refractivity contribution in [3.8, 4) is 39.5 Å². The fourth-order valence-corrected chi connectivity index (χ4v) is 7.31. The number of nitrogens with zero attached hydrogens (tertiary/aromatic N) is 1. The van der Waals surface area contributed by atoms with Crippen LogP contribution in [0.1, 0.15) is 84.2 Å². The van der Waals surface area contributed by atoms with Crippen LogP contribution in [0.5, 0.6) is 17.2 Å².